The average molecular weight is 341 g/mol. The van der Waals surface area contributed by atoms with E-state index in [4.69, 9.17) is 9.47 Å². The summed E-state index contributed by atoms with van der Waals surface area (Å²) in [6.07, 6.45) is 5.28. The minimum atomic E-state index is 0.0459. The lowest BCUT2D eigenvalue weighted by atomic mass is 9.98. The van der Waals surface area contributed by atoms with Crippen LogP contribution in [0.3, 0.4) is 0 Å². The smallest absolute Gasteiger partial charge is 0.200 e. The molecule has 0 aliphatic carbocycles. The van der Waals surface area contributed by atoms with Crippen LogP contribution in [0.2, 0.25) is 0 Å². The Morgan fingerprint density at radius 1 is 1.20 bits per heavy atom. The zero-order valence-corrected chi connectivity index (χ0v) is 14.8. The monoisotopic (exact) mass is 341 g/mol. The van der Waals surface area contributed by atoms with Crippen molar-refractivity contribution in [3.8, 4) is 17.2 Å². The van der Waals surface area contributed by atoms with Gasteiger partial charge in [-0.3, -0.25) is 4.90 Å². The van der Waals surface area contributed by atoms with Gasteiger partial charge in [-0.2, -0.15) is 0 Å². The molecule has 6 nitrogen and oxygen atoms in total. The van der Waals surface area contributed by atoms with E-state index in [0.717, 1.165) is 30.8 Å². The van der Waals surface area contributed by atoms with Gasteiger partial charge >= 0.3 is 0 Å². The van der Waals surface area contributed by atoms with Gasteiger partial charge < -0.3 is 14.6 Å². The molecule has 0 saturated carbocycles. The van der Waals surface area contributed by atoms with Crippen molar-refractivity contribution in [1.82, 2.24) is 14.9 Å². The van der Waals surface area contributed by atoms with Crippen molar-refractivity contribution >= 4 is 0 Å². The maximum Gasteiger partial charge on any atom is 0.200 e. The molecule has 3 heterocycles. The molecule has 2 aliphatic rings. The van der Waals surface area contributed by atoms with Crippen molar-refractivity contribution in [1.29, 1.82) is 0 Å². The molecule has 1 saturated heterocycles. The van der Waals surface area contributed by atoms with E-state index in [1.54, 1.807) is 14.2 Å². The summed E-state index contributed by atoms with van der Waals surface area (Å²) in [5.74, 6) is 1.78. The molecule has 1 aromatic carbocycles. The summed E-state index contributed by atoms with van der Waals surface area (Å²) in [7, 11) is 3.11. The van der Waals surface area contributed by atoms with Crippen molar-refractivity contribution in [2.45, 2.75) is 44.8 Å². The molecule has 1 N–H and O–H groups in total. The Morgan fingerprint density at radius 2 is 1.92 bits per heavy atom. The Hall–Kier alpha value is -2.34. The maximum absolute atomic E-state index is 10.1. The number of hydrogen-bond donors (Lipinski definition) is 1. The summed E-state index contributed by atoms with van der Waals surface area (Å²) < 4.78 is 10.6. The van der Waals surface area contributed by atoms with Gasteiger partial charge in [-0.25, -0.2) is 9.97 Å². The molecule has 0 radical (unpaired) electrons. The quantitative estimate of drug-likeness (QED) is 0.922. The summed E-state index contributed by atoms with van der Waals surface area (Å²) in [5.41, 5.74) is 3.54. The zero-order chi connectivity index (χ0) is 17.6. The van der Waals surface area contributed by atoms with E-state index in [0.29, 0.717) is 23.6 Å². The largest absolute Gasteiger partial charge is 0.502 e. The van der Waals surface area contributed by atoms with Gasteiger partial charge in [0.05, 0.1) is 19.9 Å². The molecule has 0 amide bonds. The van der Waals surface area contributed by atoms with Crippen molar-refractivity contribution in [2.24, 2.45) is 0 Å². The predicted octanol–water partition coefficient (Wildman–Crippen LogP) is 2.77. The van der Waals surface area contributed by atoms with E-state index in [-0.39, 0.29) is 5.75 Å². The highest BCUT2D eigenvalue weighted by Crippen LogP contribution is 2.45. The summed E-state index contributed by atoms with van der Waals surface area (Å²) in [6, 6.07) is 4.63. The molecular weight excluding hydrogens is 318 g/mol. The van der Waals surface area contributed by atoms with E-state index >= 15 is 0 Å². The summed E-state index contributed by atoms with van der Waals surface area (Å²) in [4.78, 5) is 11.6. The number of benzene rings is 1. The number of fused-ring (bicyclic) bond motifs is 4. The molecule has 25 heavy (non-hydrogen) atoms. The second kappa shape index (κ2) is 6.19. The van der Waals surface area contributed by atoms with Gasteiger partial charge in [0.15, 0.2) is 11.5 Å². The van der Waals surface area contributed by atoms with Gasteiger partial charge in [0.2, 0.25) is 5.75 Å². The van der Waals surface area contributed by atoms with E-state index in [9.17, 15) is 5.11 Å². The fraction of sp³-hybridized carbons (Fsp3) is 0.474. The summed E-state index contributed by atoms with van der Waals surface area (Å²) >= 11 is 0. The van der Waals surface area contributed by atoms with E-state index in [1.165, 1.54) is 17.7 Å². The van der Waals surface area contributed by atoms with Crippen LogP contribution < -0.4 is 9.47 Å². The van der Waals surface area contributed by atoms with Crippen LogP contribution in [0.15, 0.2) is 18.3 Å². The average Bonchev–Trinajstić information content (AvgIpc) is 2.88. The molecule has 1 fully saturated rings. The molecule has 4 rings (SSSR count). The maximum atomic E-state index is 10.1. The standard InChI is InChI=1S/C19H23N3O3/c1-11-20-9-14-15(21-11)8-13-4-5-16(14)22(13)10-12-6-17(24-2)19(23)18(7-12)25-3/h6-7,9,13,16,23H,4-5,8,10H2,1-3H3/t13-,16+/m1/s1. The van der Waals surface area contributed by atoms with E-state index < -0.39 is 0 Å². The van der Waals surface area contributed by atoms with Crippen LogP contribution in [-0.2, 0) is 13.0 Å². The number of aromatic nitrogens is 2. The van der Waals surface area contributed by atoms with Crippen molar-refractivity contribution < 1.29 is 14.6 Å². The normalized spacial score (nSPS) is 21.9. The Bertz CT molecular complexity index is 783. The Kier molecular flexibility index (Phi) is 4.00. The Balaban J connectivity index is 1.65. The molecule has 0 unspecified atom stereocenters. The van der Waals surface area contributed by atoms with Crippen LogP contribution in [0.1, 0.15) is 41.5 Å². The van der Waals surface area contributed by atoms with Gasteiger partial charge in [-0.1, -0.05) is 0 Å². The van der Waals surface area contributed by atoms with Gasteiger partial charge in [0.25, 0.3) is 0 Å². The number of rotatable bonds is 4. The molecule has 2 aromatic rings. The van der Waals surface area contributed by atoms with Crippen molar-refractivity contribution in [3.63, 3.8) is 0 Å². The Morgan fingerprint density at radius 3 is 2.60 bits per heavy atom. The highest BCUT2D eigenvalue weighted by Gasteiger charge is 2.40. The SMILES string of the molecule is COc1cc(CN2[C@@H]3CC[C@H]2c2cnc(C)nc2C3)cc(OC)c1O. The second-order valence-electron chi connectivity index (χ2n) is 6.79. The minimum Gasteiger partial charge on any atom is -0.502 e. The third-order valence-corrected chi connectivity index (χ3v) is 5.36. The third-order valence-electron chi connectivity index (χ3n) is 5.36. The number of aromatic hydroxyl groups is 1. The van der Waals surface area contributed by atoms with Gasteiger partial charge in [-0.05, 0) is 37.5 Å². The number of ether oxygens (including phenoxy) is 2. The second-order valence-corrected chi connectivity index (χ2v) is 6.79. The fourth-order valence-electron chi connectivity index (χ4n) is 4.17. The topological polar surface area (TPSA) is 67.7 Å². The number of phenols is 1. The lowest BCUT2D eigenvalue weighted by Gasteiger charge is -2.35. The van der Waals surface area contributed by atoms with Gasteiger partial charge in [0, 0.05) is 36.8 Å². The molecule has 0 spiro atoms. The summed E-state index contributed by atoms with van der Waals surface area (Å²) in [6.45, 7) is 2.74. The van der Waals surface area contributed by atoms with Crippen molar-refractivity contribution in [3.05, 3.63) is 41.0 Å². The number of hydrogen-bond acceptors (Lipinski definition) is 6. The minimum absolute atomic E-state index is 0.0459. The lowest BCUT2D eigenvalue weighted by Crippen LogP contribution is -2.37. The highest BCUT2D eigenvalue weighted by atomic mass is 16.5. The highest BCUT2D eigenvalue weighted by molar-refractivity contribution is 5.52. The number of methoxy groups -OCH3 is 2. The van der Waals surface area contributed by atoms with Gasteiger partial charge in [0.1, 0.15) is 5.82 Å². The van der Waals surface area contributed by atoms with Crippen LogP contribution in [0.5, 0.6) is 17.2 Å². The fourth-order valence-corrected chi connectivity index (χ4v) is 4.17. The van der Waals surface area contributed by atoms with Crippen LogP contribution >= 0.6 is 0 Å². The lowest BCUT2D eigenvalue weighted by molar-refractivity contribution is 0.165. The summed E-state index contributed by atoms with van der Waals surface area (Å²) in [5, 5.41) is 10.1. The first kappa shape index (κ1) is 16.1. The van der Waals surface area contributed by atoms with Crippen LogP contribution in [0.4, 0.5) is 0 Å². The van der Waals surface area contributed by atoms with Crippen LogP contribution in [0, 0.1) is 6.92 Å². The molecule has 2 aliphatic heterocycles. The first-order valence-corrected chi connectivity index (χ1v) is 8.62. The first-order valence-electron chi connectivity index (χ1n) is 8.62. The molecule has 6 heteroatoms. The zero-order valence-electron chi connectivity index (χ0n) is 14.8. The Labute approximate surface area is 147 Å². The molecule has 2 atom stereocenters. The van der Waals surface area contributed by atoms with Crippen LogP contribution in [0.25, 0.3) is 0 Å². The van der Waals surface area contributed by atoms with Crippen LogP contribution in [-0.4, -0.2) is 40.2 Å². The number of phenolic OH excluding ortho intramolecular Hbond substituents is 1. The van der Waals surface area contributed by atoms with Crippen molar-refractivity contribution in [2.75, 3.05) is 14.2 Å². The molecule has 132 valence electrons. The molecule has 2 bridgehead atoms. The van der Waals surface area contributed by atoms with E-state index in [2.05, 4.69) is 14.9 Å². The third kappa shape index (κ3) is 2.70. The van der Waals surface area contributed by atoms with E-state index in [1.807, 2.05) is 25.3 Å². The number of aryl methyl sites for hydroxylation is 1. The predicted molar refractivity (Wildman–Crippen MR) is 93.0 cm³/mol. The number of nitrogens with zero attached hydrogens (tertiary/aromatic N) is 3. The molecular formula is C19H23N3O3. The van der Waals surface area contributed by atoms with Gasteiger partial charge in [-0.15, -0.1) is 0 Å². The molecule has 1 aromatic heterocycles. The first-order chi connectivity index (χ1) is 12.1.